The lowest BCUT2D eigenvalue weighted by molar-refractivity contribution is 0.280. The second-order valence-electron chi connectivity index (χ2n) is 3.61. The van der Waals surface area contributed by atoms with Crippen LogP contribution >= 0.6 is 39.0 Å². The minimum Gasteiger partial charge on any atom is -0.296 e. The topological polar surface area (TPSA) is 3.24 Å². The van der Waals surface area contributed by atoms with Crippen molar-refractivity contribution in [2.24, 2.45) is 0 Å². The molecule has 0 bridgehead atoms. The highest BCUT2D eigenvalue weighted by molar-refractivity contribution is 9.10. The van der Waals surface area contributed by atoms with Crippen molar-refractivity contribution >= 4 is 39.0 Å². The highest BCUT2D eigenvalue weighted by Gasteiger charge is 2.17. The van der Waals surface area contributed by atoms with E-state index in [9.17, 15) is 0 Å². The van der Waals surface area contributed by atoms with Crippen molar-refractivity contribution in [3.05, 3.63) is 20.8 Å². The number of thiophene rings is 1. The summed E-state index contributed by atoms with van der Waals surface area (Å²) in [6, 6.07) is 2.14. The molecule has 1 atom stereocenters. The van der Waals surface area contributed by atoms with Gasteiger partial charge in [0.2, 0.25) is 0 Å². The van der Waals surface area contributed by atoms with Crippen molar-refractivity contribution in [3.63, 3.8) is 0 Å². The summed E-state index contributed by atoms with van der Waals surface area (Å²) in [7, 11) is 0. The molecule has 0 radical (unpaired) electrons. The number of thioether (sulfide) groups is 1. The van der Waals surface area contributed by atoms with Crippen LogP contribution in [-0.4, -0.2) is 29.0 Å². The van der Waals surface area contributed by atoms with Crippen LogP contribution in [0.4, 0.5) is 0 Å². The van der Waals surface area contributed by atoms with Gasteiger partial charge in [-0.05, 0) is 27.4 Å². The molecular formula is C10H14BrNS2. The molecule has 78 valence electrons. The van der Waals surface area contributed by atoms with E-state index in [0.717, 1.165) is 11.8 Å². The van der Waals surface area contributed by atoms with Crippen LogP contribution in [0.3, 0.4) is 0 Å². The van der Waals surface area contributed by atoms with Gasteiger partial charge in [0.05, 0.1) is 0 Å². The quantitative estimate of drug-likeness (QED) is 0.821. The highest BCUT2D eigenvalue weighted by atomic mass is 79.9. The summed E-state index contributed by atoms with van der Waals surface area (Å²) in [5, 5.41) is 2.95. The molecule has 1 nitrogen and oxygen atoms in total. The third-order valence-electron chi connectivity index (χ3n) is 2.38. The Labute approximate surface area is 102 Å². The zero-order valence-corrected chi connectivity index (χ0v) is 11.4. The number of hydrogen-bond acceptors (Lipinski definition) is 3. The van der Waals surface area contributed by atoms with Gasteiger partial charge in [0.25, 0.3) is 0 Å². The third-order valence-corrected chi connectivity index (χ3v) is 5.43. The fraction of sp³-hybridized carbons (Fsp3) is 0.600. The van der Waals surface area contributed by atoms with Crippen LogP contribution < -0.4 is 0 Å². The normalized spacial score (nSPS) is 24.0. The zero-order chi connectivity index (χ0) is 9.97. The summed E-state index contributed by atoms with van der Waals surface area (Å²) in [5.41, 5.74) is 0. The number of rotatable bonds is 2. The molecule has 1 fully saturated rings. The number of nitrogens with zero attached hydrogens (tertiary/aromatic N) is 1. The van der Waals surface area contributed by atoms with Gasteiger partial charge in [0.1, 0.15) is 0 Å². The Balaban J connectivity index is 1.94. The maximum atomic E-state index is 3.59. The summed E-state index contributed by atoms with van der Waals surface area (Å²) in [6.45, 7) is 5.90. The lowest BCUT2D eigenvalue weighted by Crippen LogP contribution is -2.35. The summed E-state index contributed by atoms with van der Waals surface area (Å²) < 4.78 is 1.27. The molecule has 1 aliphatic rings. The monoisotopic (exact) mass is 291 g/mol. The highest BCUT2D eigenvalue weighted by Crippen LogP contribution is 2.26. The van der Waals surface area contributed by atoms with Crippen LogP contribution in [0, 0.1) is 0 Å². The van der Waals surface area contributed by atoms with Crippen LogP contribution in [0.1, 0.15) is 11.8 Å². The SMILES string of the molecule is CC1CN(Cc2sccc2Br)CCS1. The first-order valence-corrected chi connectivity index (χ1v) is 7.53. The van der Waals surface area contributed by atoms with E-state index in [1.165, 1.54) is 28.2 Å². The molecule has 1 unspecified atom stereocenters. The zero-order valence-electron chi connectivity index (χ0n) is 8.20. The summed E-state index contributed by atoms with van der Waals surface area (Å²) in [4.78, 5) is 4.02. The molecule has 2 rings (SSSR count). The van der Waals surface area contributed by atoms with Crippen molar-refractivity contribution in [1.29, 1.82) is 0 Å². The summed E-state index contributed by atoms with van der Waals surface area (Å²) in [5.74, 6) is 1.28. The van der Waals surface area contributed by atoms with Crippen LogP contribution in [-0.2, 0) is 6.54 Å². The Hall–Kier alpha value is 0.490. The average Bonchev–Trinajstić information content (AvgIpc) is 2.52. The molecule has 0 N–H and O–H groups in total. The Morgan fingerprint density at radius 3 is 3.14 bits per heavy atom. The first kappa shape index (κ1) is 11.0. The van der Waals surface area contributed by atoms with Gasteiger partial charge in [-0.3, -0.25) is 4.90 Å². The maximum absolute atomic E-state index is 3.59. The Bertz CT molecular complexity index is 300. The van der Waals surface area contributed by atoms with E-state index in [1.54, 1.807) is 0 Å². The van der Waals surface area contributed by atoms with Crippen molar-refractivity contribution in [3.8, 4) is 0 Å². The van der Waals surface area contributed by atoms with Crippen LogP contribution in [0.2, 0.25) is 0 Å². The van der Waals surface area contributed by atoms with Crippen LogP contribution in [0.25, 0.3) is 0 Å². The number of hydrogen-bond donors (Lipinski definition) is 0. The lowest BCUT2D eigenvalue weighted by atomic mass is 10.3. The van der Waals surface area contributed by atoms with Crippen molar-refractivity contribution in [1.82, 2.24) is 4.90 Å². The fourth-order valence-electron chi connectivity index (χ4n) is 1.68. The standard InChI is InChI=1S/C10H14BrNS2/c1-8-6-12(3-5-13-8)7-10-9(11)2-4-14-10/h2,4,8H,3,5-7H2,1H3. The van der Waals surface area contributed by atoms with Crippen molar-refractivity contribution in [2.45, 2.75) is 18.7 Å². The fourth-order valence-corrected chi connectivity index (χ4v) is 4.28. The van der Waals surface area contributed by atoms with E-state index in [2.05, 4.69) is 51.0 Å². The predicted molar refractivity (Wildman–Crippen MR) is 69.2 cm³/mol. The van der Waals surface area contributed by atoms with Gasteiger partial charge in [0.15, 0.2) is 0 Å². The van der Waals surface area contributed by atoms with E-state index in [0.29, 0.717) is 0 Å². The Morgan fingerprint density at radius 1 is 1.64 bits per heavy atom. The van der Waals surface area contributed by atoms with Crippen LogP contribution in [0.5, 0.6) is 0 Å². The molecule has 1 aliphatic heterocycles. The third kappa shape index (κ3) is 2.75. The first-order valence-electron chi connectivity index (χ1n) is 4.81. The number of halogens is 1. The Morgan fingerprint density at radius 2 is 2.50 bits per heavy atom. The molecule has 0 aliphatic carbocycles. The molecule has 0 spiro atoms. The molecule has 4 heteroatoms. The molecule has 0 saturated carbocycles. The van der Waals surface area contributed by atoms with Crippen molar-refractivity contribution < 1.29 is 0 Å². The maximum Gasteiger partial charge on any atom is 0.0340 e. The van der Waals surface area contributed by atoms with E-state index < -0.39 is 0 Å². The molecule has 1 aromatic rings. The largest absolute Gasteiger partial charge is 0.296 e. The van der Waals surface area contributed by atoms with E-state index in [4.69, 9.17) is 0 Å². The second-order valence-corrected chi connectivity index (χ2v) is 7.01. The van der Waals surface area contributed by atoms with Gasteiger partial charge in [-0.25, -0.2) is 0 Å². The van der Waals surface area contributed by atoms with Crippen LogP contribution in [0.15, 0.2) is 15.9 Å². The van der Waals surface area contributed by atoms with E-state index in [-0.39, 0.29) is 0 Å². The van der Waals surface area contributed by atoms with E-state index >= 15 is 0 Å². The van der Waals surface area contributed by atoms with Gasteiger partial charge in [-0.2, -0.15) is 11.8 Å². The lowest BCUT2D eigenvalue weighted by Gasteiger charge is -2.30. The molecular weight excluding hydrogens is 278 g/mol. The second kappa shape index (κ2) is 5.01. The molecule has 1 aromatic heterocycles. The minimum absolute atomic E-state index is 0.794. The molecule has 1 saturated heterocycles. The molecule has 14 heavy (non-hydrogen) atoms. The first-order chi connectivity index (χ1) is 6.75. The summed E-state index contributed by atoms with van der Waals surface area (Å²) >= 11 is 7.52. The van der Waals surface area contributed by atoms with Gasteiger partial charge < -0.3 is 0 Å². The smallest absolute Gasteiger partial charge is 0.0340 e. The van der Waals surface area contributed by atoms with Gasteiger partial charge in [0, 0.05) is 40.0 Å². The average molecular weight is 292 g/mol. The van der Waals surface area contributed by atoms with Gasteiger partial charge >= 0.3 is 0 Å². The molecule has 0 amide bonds. The van der Waals surface area contributed by atoms with Gasteiger partial charge in [-0.1, -0.05) is 6.92 Å². The van der Waals surface area contributed by atoms with Gasteiger partial charge in [-0.15, -0.1) is 11.3 Å². The Kier molecular flexibility index (Phi) is 3.93. The minimum atomic E-state index is 0.794. The van der Waals surface area contributed by atoms with E-state index in [1.807, 2.05) is 11.3 Å². The predicted octanol–water partition coefficient (Wildman–Crippen LogP) is 3.45. The van der Waals surface area contributed by atoms with Crippen molar-refractivity contribution in [2.75, 3.05) is 18.8 Å². The summed E-state index contributed by atoms with van der Waals surface area (Å²) in [6.07, 6.45) is 0. The molecule has 2 heterocycles. The molecule has 0 aromatic carbocycles.